The molecule has 1 aliphatic rings. The first-order valence-corrected chi connectivity index (χ1v) is 11.5. The van der Waals surface area contributed by atoms with E-state index in [4.69, 9.17) is 11.6 Å². The number of sulfonamides is 1. The number of para-hydroxylation sites is 1. The zero-order valence-electron chi connectivity index (χ0n) is 16.1. The van der Waals surface area contributed by atoms with Crippen LogP contribution in [0.2, 0.25) is 5.02 Å². The van der Waals surface area contributed by atoms with Gasteiger partial charge in [0.15, 0.2) is 0 Å². The second-order valence-corrected chi connectivity index (χ2v) is 9.25. The fourth-order valence-corrected chi connectivity index (χ4v) is 4.39. The minimum Gasteiger partial charge on any atom is -0.371 e. The number of nitrogens with one attached hydrogen (secondary N) is 1. The molecular formula is C20H23ClFN3O3S. The highest BCUT2D eigenvalue weighted by Gasteiger charge is 2.22. The molecule has 0 fully saturated rings. The molecule has 0 unspecified atom stereocenters. The van der Waals surface area contributed by atoms with Crippen molar-refractivity contribution in [1.29, 1.82) is 0 Å². The molecule has 0 aromatic heterocycles. The molecule has 1 aliphatic heterocycles. The van der Waals surface area contributed by atoms with E-state index < -0.39 is 28.3 Å². The van der Waals surface area contributed by atoms with Crippen molar-refractivity contribution in [2.75, 3.05) is 41.6 Å². The summed E-state index contributed by atoms with van der Waals surface area (Å²) in [7, 11) is -3.74. The summed E-state index contributed by atoms with van der Waals surface area (Å²) in [4.78, 5) is 14.6. The van der Waals surface area contributed by atoms with Gasteiger partial charge in [-0.25, -0.2) is 12.8 Å². The van der Waals surface area contributed by atoms with Crippen LogP contribution >= 0.6 is 11.6 Å². The van der Waals surface area contributed by atoms with Gasteiger partial charge in [-0.2, -0.15) is 0 Å². The maximum absolute atomic E-state index is 13.4. The van der Waals surface area contributed by atoms with E-state index in [1.165, 1.54) is 23.4 Å². The average Bonchev–Trinajstić information content (AvgIpc) is 3.08. The molecule has 0 aliphatic carbocycles. The van der Waals surface area contributed by atoms with Crippen LogP contribution in [0.4, 0.5) is 15.8 Å². The number of carbonyl (C=O) groups is 1. The van der Waals surface area contributed by atoms with Gasteiger partial charge in [0.1, 0.15) is 12.4 Å². The van der Waals surface area contributed by atoms with E-state index in [2.05, 4.69) is 22.3 Å². The Morgan fingerprint density at radius 3 is 2.76 bits per heavy atom. The van der Waals surface area contributed by atoms with Gasteiger partial charge >= 0.3 is 0 Å². The molecule has 0 radical (unpaired) electrons. The normalized spacial score (nSPS) is 13.3. The quantitative estimate of drug-likeness (QED) is 0.642. The van der Waals surface area contributed by atoms with Crippen molar-refractivity contribution >= 4 is 38.9 Å². The van der Waals surface area contributed by atoms with Crippen molar-refractivity contribution in [3.05, 3.63) is 58.9 Å². The maximum Gasteiger partial charge on any atom is 0.240 e. The molecule has 29 heavy (non-hydrogen) atoms. The summed E-state index contributed by atoms with van der Waals surface area (Å²) in [6, 6.07) is 11.8. The Morgan fingerprint density at radius 1 is 1.28 bits per heavy atom. The van der Waals surface area contributed by atoms with Gasteiger partial charge in [0, 0.05) is 25.3 Å². The molecule has 1 N–H and O–H groups in total. The summed E-state index contributed by atoms with van der Waals surface area (Å²) in [6.45, 7) is 1.80. The third kappa shape index (κ3) is 5.39. The third-order valence-electron chi connectivity index (χ3n) is 4.79. The van der Waals surface area contributed by atoms with Gasteiger partial charge in [0.25, 0.3) is 0 Å². The number of nitrogens with zero attached hydrogens (tertiary/aromatic N) is 2. The van der Waals surface area contributed by atoms with Crippen LogP contribution in [0.15, 0.2) is 42.5 Å². The van der Waals surface area contributed by atoms with Crippen molar-refractivity contribution in [3.63, 3.8) is 0 Å². The lowest BCUT2D eigenvalue weighted by atomic mass is 10.2. The molecule has 0 saturated carbocycles. The molecule has 0 bridgehead atoms. The van der Waals surface area contributed by atoms with Crippen molar-refractivity contribution in [3.8, 4) is 0 Å². The second-order valence-electron chi connectivity index (χ2n) is 6.94. The summed E-state index contributed by atoms with van der Waals surface area (Å²) < 4.78 is 38.4. The van der Waals surface area contributed by atoms with Crippen LogP contribution < -0.4 is 14.5 Å². The highest BCUT2D eigenvalue weighted by Crippen LogP contribution is 2.27. The molecule has 0 saturated heterocycles. The minimum atomic E-state index is -3.74. The van der Waals surface area contributed by atoms with E-state index in [1.54, 1.807) is 0 Å². The number of fused-ring (bicyclic) bond motifs is 1. The predicted octanol–water partition coefficient (Wildman–Crippen LogP) is 2.81. The first-order valence-electron chi connectivity index (χ1n) is 9.28. The molecule has 0 spiro atoms. The van der Waals surface area contributed by atoms with Gasteiger partial charge in [0.2, 0.25) is 15.9 Å². The fourth-order valence-electron chi connectivity index (χ4n) is 3.36. The molecule has 9 heteroatoms. The summed E-state index contributed by atoms with van der Waals surface area (Å²) in [6.07, 6.45) is 2.75. The summed E-state index contributed by atoms with van der Waals surface area (Å²) in [5.74, 6) is -1.09. The van der Waals surface area contributed by atoms with E-state index in [-0.39, 0.29) is 10.7 Å². The second kappa shape index (κ2) is 9.00. The summed E-state index contributed by atoms with van der Waals surface area (Å²) >= 11 is 5.74. The smallest absolute Gasteiger partial charge is 0.240 e. The molecule has 1 amide bonds. The van der Waals surface area contributed by atoms with Gasteiger partial charge in [-0.3, -0.25) is 9.10 Å². The Balaban J connectivity index is 1.52. The summed E-state index contributed by atoms with van der Waals surface area (Å²) in [5, 5.41) is 2.54. The number of anilines is 2. The Bertz CT molecular complexity index is 1000. The van der Waals surface area contributed by atoms with Gasteiger partial charge in [0.05, 0.1) is 17.0 Å². The molecule has 6 nitrogen and oxygen atoms in total. The van der Waals surface area contributed by atoms with Gasteiger partial charge < -0.3 is 10.2 Å². The average molecular weight is 440 g/mol. The predicted molar refractivity (Wildman–Crippen MR) is 114 cm³/mol. The van der Waals surface area contributed by atoms with Crippen LogP contribution in [-0.2, 0) is 21.2 Å². The maximum atomic E-state index is 13.4. The Hall–Kier alpha value is -2.32. The minimum absolute atomic E-state index is 0.141. The zero-order chi connectivity index (χ0) is 21.0. The lowest BCUT2D eigenvalue weighted by molar-refractivity contribution is -0.119. The highest BCUT2D eigenvalue weighted by atomic mass is 35.5. The van der Waals surface area contributed by atoms with Crippen LogP contribution in [0.1, 0.15) is 12.0 Å². The largest absolute Gasteiger partial charge is 0.371 e. The first-order chi connectivity index (χ1) is 13.8. The lowest BCUT2D eigenvalue weighted by Crippen LogP contribution is -2.41. The Morgan fingerprint density at radius 2 is 2.03 bits per heavy atom. The van der Waals surface area contributed by atoms with Crippen molar-refractivity contribution < 1.29 is 17.6 Å². The molecular weight excluding hydrogens is 417 g/mol. The van der Waals surface area contributed by atoms with Crippen LogP contribution in [-0.4, -0.2) is 46.8 Å². The number of halogens is 2. The van der Waals surface area contributed by atoms with Crippen LogP contribution in [0.3, 0.4) is 0 Å². The number of hydrogen-bond acceptors (Lipinski definition) is 4. The van der Waals surface area contributed by atoms with E-state index in [9.17, 15) is 17.6 Å². The van der Waals surface area contributed by atoms with Crippen molar-refractivity contribution in [1.82, 2.24) is 5.32 Å². The number of benzene rings is 2. The molecule has 1 heterocycles. The van der Waals surface area contributed by atoms with Crippen molar-refractivity contribution in [2.24, 2.45) is 0 Å². The number of carbonyl (C=O) groups excluding carboxylic acids is 1. The van der Waals surface area contributed by atoms with Crippen LogP contribution in [0, 0.1) is 5.82 Å². The Labute approximate surface area is 175 Å². The zero-order valence-corrected chi connectivity index (χ0v) is 17.6. The van der Waals surface area contributed by atoms with E-state index >= 15 is 0 Å². The van der Waals surface area contributed by atoms with Crippen LogP contribution in [0.25, 0.3) is 0 Å². The SMILES string of the molecule is CS(=O)(=O)N(CC(=O)NCCCN1CCc2ccccc21)c1ccc(F)c(Cl)c1. The molecule has 3 rings (SSSR count). The van der Waals surface area contributed by atoms with E-state index in [1.807, 2.05) is 12.1 Å². The number of rotatable bonds is 8. The number of hydrogen-bond donors (Lipinski definition) is 1. The monoisotopic (exact) mass is 439 g/mol. The lowest BCUT2D eigenvalue weighted by Gasteiger charge is -2.22. The summed E-state index contributed by atoms with van der Waals surface area (Å²) in [5.41, 5.74) is 2.70. The number of amides is 1. The van der Waals surface area contributed by atoms with E-state index in [0.717, 1.165) is 42.6 Å². The van der Waals surface area contributed by atoms with Gasteiger partial charge in [-0.15, -0.1) is 0 Å². The fraction of sp³-hybridized carbons (Fsp3) is 0.350. The first kappa shape index (κ1) is 21.4. The highest BCUT2D eigenvalue weighted by molar-refractivity contribution is 7.92. The molecule has 2 aromatic carbocycles. The van der Waals surface area contributed by atoms with Crippen molar-refractivity contribution in [2.45, 2.75) is 12.8 Å². The standard InChI is InChI=1S/C20H23ClFN3O3S/c1-29(27,28)25(16-7-8-18(22)17(21)13-16)14-20(26)23-10-4-11-24-12-9-15-5-2-3-6-19(15)24/h2-3,5-8,13H,4,9-12,14H2,1H3,(H,23,26). The molecule has 156 valence electrons. The van der Waals surface area contributed by atoms with Crippen LogP contribution in [0.5, 0.6) is 0 Å². The molecule has 0 atom stereocenters. The topological polar surface area (TPSA) is 69.7 Å². The van der Waals surface area contributed by atoms with Gasteiger partial charge in [-0.1, -0.05) is 29.8 Å². The molecule has 2 aromatic rings. The van der Waals surface area contributed by atoms with Gasteiger partial charge in [-0.05, 0) is 42.7 Å². The third-order valence-corrected chi connectivity index (χ3v) is 6.22. The Kier molecular flexibility index (Phi) is 6.64. The van der Waals surface area contributed by atoms with E-state index in [0.29, 0.717) is 6.54 Å².